The molecule has 0 aromatic carbocycles. The number of hydrazine groups is 1. The lowest BCUT2D eigenvalue weighted by Gasteiger charge is -2.05. The Balaban J connectivity index is 2.23. The largest absolute Gasteiger partial charge is 0.370 e. The number of hydrogen-bond donors (Lipinski definition) is 4. The van der Waals surface area contributed by atoms with Crippen LogP contribution in [-0.2, 0) is 4.79 Å². The second-order valence-electron chi connectivity index (χ2n) is 3.28. The van der Waals surface area contributed by atoms with Gasteiger partial charge in [0.15, 0.2) is 0 Å². The molecule has 1 rings (SSSR count). The Hall–Kier alpha value is -1.89. The smallest absolute Gasteiger partial charge is 0.217 e. The first kappa shape index (κ1) is 12.2. The number of carbonyl (C=O) groups excluding carboxylic acids is 1. The number of anilines is 2. The number of nitrogens with one attached hydrogen (secondary N) is 2. The maximum absolute atomic E-state index is 10.5. The van der Waals surface area contributed by atoms with Crippen LogP contribution >= 0.6 is 0 Å². The molecule has 0 aliphatic rings. The van der Waals surface area contributed by atoms with Crippen molar-refractivity contribution >= 4 is 17.5 Å². The summed E-state index contributed by atoms with van der Waals surface area (Å²) in [5, 5.41) is 3.09. The number of hydrogen-bond acceptors (Lipinski definition) is 6. The Morgan fingerprint density at radius 1 is 1.31 bits per heavy atom. The Bertz CT molecular complexity index is 343. The number of amides is 1. The average molecular weight is 224 g/mol. The van der Waals surface area contributed by atoms with E-state index in [0.29, 0.717) is 18.1 Å². The van der Waals surface area contributed by atoms with Gasteiger partial charge in [-0.25, -0.2) is 15.8 Å². The summed E-state index contributed by atoms with van der Waals surface area (Å²) in [6, 6.07) is 1.70. The van der Waals surface area contributed by atoms with Gasteiger partial charge in [0.2, 0.25) is 5.91 Å². The molecule has 1 aromatic heterocycles. The van der Waals surface area contributed by atoms with Crippen molar-refractivity contribution in [3.8, 4) is 0 Å². The van der Waals surface area contributed by atoms with E-state index in [1.54, 1.807) is 6.07 Å². The molecule has 0 atom stereocenters. The molecule has 7 nitrogen and oxygen atoms in total. The molecule has 0 saturated carbocycles. The summed E-state index contributed by atoms with van der Waals surface area (Å²) in [6.07, 6.45) is 3.47. The summed E-state index contributed by atoms with van der Waals surface area (Å²) >= 11 is 0. The van der Waals surface area contributed by atoms with Crippen LogP contribution in [0.1, 0.15) is 19.3 Å². The van der Waals surface area contributed by atoms with Crippen LogP contribution < -0.4 is 22.3 Å². The monoisotopic (exact) mass is 224 g/mol. The van der Waals surface area contributed by atoms with E-state index in [4.69, 9.17) is 11.6 Å². The molecular weight excluding hydrogens is 208 g/mol. The first-order valence-corrected chi connectivity index (χ1v) is 5.03. The normalized spacial score (nSPS) is 9.81. The fraction of sp³-hybridized carbons (Fsp3) is 0.444. The fourth-order valence-corrected chi connectivity index (χ4v) is 1.17. The maximum Gasteiger partial charge on any atom is 0.217 e. The van der Waals surface area contributed by atoms with Crippen LogP contribution in [0.2, 0.25) is 0 Å². The highest BCUT2D eigenvalue weighted by molar-refractivity contribution is 5.73. The lowest BCUT2D eigenvalue weighted by molar-refractivity contribution is -0.118. The second-order valence-corrected chi connectivity index (χ2v) is 3.28. The third-order valence-electron chi connectivity index (χ3n) is 1.97. The number of carbonyl (C=O) groups is 1. The summed E-state index contributed by atoms with van der Waals surface area (Å²) in [5.74, 6) is 6.19. The van der Waals surface area contributed by atoms with Crippen molar-refractivity contribution < 1.29 is 4.79 Å². The molecule has 0 bridgehead atoms. The van der Waals surface area contributed by atoms with E-state index in [2.05, 4.69) is 20.7 Å². The highest BCUT2D eigenvalue weighted by Gasteiger charge is 1.97. The van der Waals surface area contributed by atoms with Crippen LogP contribution in [-0.4, -0.2) is 22.4 Å². The quantitative estimate of drug-likeness (QED) is 0.290. The van der Waals surface area contributed by atoms with E-state index in [9.17, 15) is 4.79 Å². The number of aromatic nitrogens is 2. The van der Waals surface area contributed by atoms with Crippen LogP contribution in [0.25, 0.3) is 0 Å². The van der Waals surface area contributed by atoms with Crippen LogP contribution in [0.15, 0.2) is 12.4 Å². The predicted molar refractivity (Wildman–Crippen MR) is 61.4 cm³/mol. The second kappa shape index (κ2) is 6.57. The third-order valence-corrected chi connectivity index (χ3v) is 1.97. The summed E-state index contributed by atoms with van der Waals surface area (Å²) in [5.41, 5.74) is 7.45. The van der Waals surface area contributed by atoms with Gasteiger partial charge in [0, 0.05) is 19.0 Å². The zero-order valence-electron chi connectivity index (χ0n) is 8.94. The van der Waals surface area contributed by atoms with Crippen molar-refractivity contribution in [1.82, 2.24) is 9.97 Å². The number of nitrogen functional groups attached to an aromatic ring is 1. The standard InChI is InChI=1S/C9H16N6O/c10-7(16)3-1-2-4-12-8-5-9(15-11)14-6-13-8/h5-6H,1-4,11H2,(H2,10,16)(H2,12,13,14,15). The molecule has 16 heavy (non-hydrogen) atoms. The molecule has 1 amide bonds. The lowest BCUT2D eigenvalue weighted by Crippen LogP contribution is -2.12. The Kier molecular flexibility index (Phi) is 5.00. The molecule has 0 spiro atoms. The van der Waals surface area contributed by atoms with Gasteiger partial charge in [-0.1, -0.05) is 0 Å². The molecule has 88 valence electrons. The minimum atomic E-state index is -0.267. The third kappa shape index (κ3) is 4.56. The molecule has 6 N–H and O–H groups in total. The van der Waals surface area contributed by atoms with E-state index in [1.165, 1.54) is 6.33 Å². The minimum Gasteiger partial charge on any atom is -0.370 e. The Morgan fingerprint density at radius 3 is 2.75 bits per heavy atom. The summed E-state index contributed by atoms with van der Waals surface area (Å²) in [4.78, 5) is 18.4. The Morgan fingerprint density at radius 2 is 2.06 bits per heavy atom. The summed E-state index contributed by atoms with van der Waals surface area (Å²) in [6.45, 7) is 0.730. The topological polar surface area (TPSA) is 119 Å². The zero-order valence-corrected chi connectivity index (χ0v) is 8.94. The van der Waals surface area contributed by atoms with E-state index < -0.39 is 0 Å². The van der Waals surface area contributed by atoms with Crippen molar-refractivity contribution in [3.05, 3.63) is 12.4 Å². The van der Waals surface area contributed by atoms with E-state index in [1.807, 2.05) is 0 Å². The molecule has 1 heterocycles. The SMILES string of the molecule is NNc1cc(NCCCCC(N)=O)ncn1. The van der Waals surface area contributed by atoms with Crippen LogP contribution in [0.3, 0.4) is 0 Å². The summed E-state index contributed by atoms with van der Waals surface area (Å²) in [7, 11) is 0. The van der Waals surface area contributed by atoms with Crippen molar-refractivity contribution in [2.45, 2.75) is 19.3 Å². The molecule has 0 aliphatic heterocycles. The van der Waals surface area contributed by atoms with Crippen molar-refractivity contribution in [1.29, 1.82) is 0 Å². The number of primary amides is 1. The molecule has 0 radical (unpaired) electrons. The molecular formula is C9H16N6O. The highest BCUT2D eigenvalue weighted by atomic mass is 16.1. The average Bonchev–Trinajstić information content (AvgIpc) is 2.28. The van der Waals surface area contributed by atoms with Gasteiger partial charge in [0.1, 0.15) is 18.0 Å². The Labute approximate surface area is 93.6 Å². The van der Waals surface area contributed by atoms with Gasteiger partial charge in [-0.3, -0.25) is 4.79 Å². The first-order valence-electron chi connectivity index (χ1n) is 5.03. The molecule has 1 aromatic rings. The van der Waals surface area contributed by atoms with Crippen molar-refractivity contribution in [2.24, 2.45) is 11.6 Å². The molecule has 0 aliphatic carbocycles. The van der Waals surface area contributed by atoms with Gasteiger partial charge < -0.3 is 16.5 Å². The van der Waals surface area contributed by atoms with Crippen LogP contribution in [0.4, 0.5) is 11.6 Å². The van der Waals surface area contributed by atoms with Gasteiger partial charge in [0.25, 0.3) is 0 Å². The van der Waals surface area contributed by atoms with Crippen LogP contribution in [0, 0.1) is 0 Å². The van der Waals surface area contributed by atoms with E-state index in [-0.39, 0.29) is 5.91 Å². The zero-order chi connectivity index (χ0) is 11.8. The molecule has 0 unspecified atom stereocenters. The maximum atomic E-state index is 10.5. The predicted octanol–water partition coefficient (Wildman–Crippen LogP) is -0.170. The fourth-order valence-electron chi connectivity index (χ4n) is 1.17. The molecule has 7 heteroatoms. The highest BCUT2D eigenvalue weighted by Crippen LogP contribution is 2.07. The van der Waals surface area contributed by atoms with Gasteiger partial charge in [-0.15, -0.1) is 0 Å². The van der Waals surface area contributed by atoms with Gasteiger partial charge in [0.05, 0.1) is 0 Å². The van der Waals surface area contributed by atoms with Gasteiger partial charge >= 0.3 is 0 Å². The van der Waals surface area contributed by atoms with E-state index in [0.717, 1.165) is 19.4 Å². The number of unbranched alkanes of at least 4 members (excludes halogenated alkanes) is 1. The minimum absolute atomic E-state index is 0.267. The molecule has 0 fully saturated rings. The van der Waals surface area contributed by atoms with Crippen molar-refractivity contribution in [3.63, 3.8) is 0 Å². The van der Waals surface area contributed by atoms with Gasteiger partial charge in [-0.2, -0.15) is 0 Å². The first-order chi connectivity index (χ1) is 7.72. The van der Waals surface area contributed by atoms with Crippen LogP contribution in [0.5, 0.6) is 0 Å². The number of rotatable bonds is 7. The van der Waals surface area contributed by atoms with Gasteiger partial charge in [-0.05, 0) is 12.8 Å². The van der Waals surface area contributed by atoms with Crippen molar-refractivity contribution in [2.75, 3.05) is 17.3 Å². The summed E-state index contributed by atoms with van der Waals surface area (Å²) < 4.78 is 0. The number of nitrogens with two attached hydrogens (primary N) is 2. The lowest BCUT2D eigenvalue weighted by atomic mass is 10.2. The van der Waals surface area contributed by atoms with E-state index >= 15 is 0 Å². The number of nitrogens with zero attached hydrogens (tertiary/aromatic N) is 2. The molecule has 0 saturated heterocycles.